The van der Waals surface area contributed by atoms with Crippen LogP contribution in [0.1, 0.15) is 21.6 Å². The Labute approximate surface area is 120 Å². The Morgan fingerprint density at radius 2 is 1.95 bits per heavy atom. The number of carbonyl (C=O) groups excluding carboxylic acids is 1. The Balaban J connectivity index is 2.33. The third-order valence-corrected chi connectivity index (χ3v) is 3.13. The van der Waals surface area contributed by atoms with E-state index in [-0.39, 0.29) is 23.9 Å². The van der Waals surface area contributed by atoms with Gasteiger partial charge >= 0.3 is 11.9 Å². The molecule has 0 aliphatic rings. The molecule has 0 bridgehead atoms. The lowest BCUT2D eigenvalue weighted by Gasteiger charge is -2.05. The minimum absolute atomic E-state index is 0.0777. The summed E-state index contributed by atoms with van der Waals surface area (Å²) in [6.07, 6.45) is 0.171. The summed E-state index contributed by atoms with van der Waals surface area (Å²) in [6.45, 7) is 1.61. The summed E-state index contributed by atoms with van der Waals surface area (Å²) in [6, 6.07) is 6.91. The molecule has 1 aromatic heterocycles. The number of benzene rings is 1. The minimum atomic E-state index is -1.12. The summed E-state index contributed by atoms with van der Waals surface area (Å²) < 4.78 is 5.95. The summed E-state index contributed by atoms with van der Waals surface area (Å²) in [5, 5.41) is 13.0. The number of hydrogen-bond donors (Lipinski definition) is 2. The zero-order chi connectivity index (χ0) is 15.6. The molecule has 0 fully saturated rings. The minimum Gasteiger partial charge on any atom is -0.476 e. The van der Waals surface area contributed by atoms with Crippen LogP contribution in [0, 0.1) is 6.92 Å². The standard InChI is InChI=1S/C14H15N3O4/c1-8-12(14(19)20)16-17(13(8)15)10-5-3-9(4-6-10)7-11(18)21-2/h3-6H,7,15H2,1-2H3,(H,19,20). The molecule has 21 heavy (non-hydrogen) atoms. The number of nitrogens with zero attached hydrogens (tertiary/aromatic N) is 2. The first-order valence-corrected chi connectivity index (χ1v) is 6.18. The number of aromatic nitrogens is 2. The van der Waals surface area contributed by atoms with Gasteiger partial charge < -0.3 is 15.6 Å². The Morgan fingerprint density at radius 3 is 2.43 bits per heavy atom. The molecule has 1 heterocycles. The van der Waals surface area contributed by atoms with Gasteiger partial charge in [0.2, 0.25) is 0 Å². The van der Waals surface area contributed by atoms with E-state index in [4.69, 9.17) is 10.8 Å². The molecule has 0 spiro atoms. The number of ether oxygens (including phenoxy) is 1. The first-order valence-electron chi connectivity index (χ1n) is 6.18. The lowest BCUT2D eigenvalue weighted by molar-refractivity contribution is -0.139. The molecule has 0 atom stereocenters. The molecule has 0 radical (unpaired) electrons. The number of carboxylic acid groups (broad SMARTS) is 1. The van der Waals surface area contributed by atoms with Gasteiger partial charge in [-0.3, -0.25) is 4.79 Å². The number of esters is 1. The molecule has 2 rings (SSSR count). The van der Waals surface area contributed by atoms with Crippen molar-refractivity contribution >= 4 is 17.8 Å². The van der Waals surface area contributed by atoms with Crippen molar-refractivity contribution in [3.05, 3.63) is 41.1 Å². The number of nitrogen functional groups attached to an aromatic ring is 1. The Bertz CT molecular complexity index is 689. The van der Waals surface area contributed by atoms with Gasteiger partial charge in [-0.05, 0) is 24.6 Å². The quantitative estimate of drug-likeness (QED) is 0.818. The van der Waals surface area contributed by atoms with Crippen molar-refractivity contribution in [1.82, 2.24) is 9.78 Å². The van der Waals surface area contributed by atoms with Crippen molar-refractivity contribution in [2.75, 3.05) is 12.8 Å². The van der Waals surface area contributed by atoms with E-state index in [1.165, 1.54) is 11.8 Å². The van der Waals surface area contributed by atoms with E-state index in [1.54, 1.807) is 31.2 Å². The molecular weight excluding hydrogens is 274 g/mol. The average Bonchev–Trinajstić information content (AvgIpc) is 2.76. The maximum absolute atomic E-state index is 11.2. The number of carbonyl (C=O) groups is 2. The average molecular weight is 289 g/mol. The second-order valence-electron chi connectivity index (χ2n) is 4.50. The molecule has 0 unspecified atom stereocenters. The van der Waals surface area contributed by atoms with Crippen LogP contribution >= 0.6 is 0 Å². The molecule has 1 aromatic carbocycles. The van der Waals surface area contributed by atoms with E-state index in [1.807, 2.05) is 0 Å². The van der Waals surface area contributed by atoms with Crippen LogP contribution in [0.2, 0.25) is 0 Å². The SMILES string of the molecule is COC(=O)Cc1ccc(-n2nc(C(=O)O)c(C)c2N)cc1. The summed E-state index contributed by atoms with van der Waals surface area (Å²) >= 11 is 0. The number of hydrogen-bond acceptors (Lipinski definition) is 5. The van der Waals surface area contributed by atoms with Crippen molar-refractivity contribution in [1.29, 1.82) is 0 Å². The fourth-order valence-electron chi connectivity index (χ4n) is 1.90. The lowest BCUT2D eigenvalue weighted by Crippen LogP contribution is -2.06. The highest BCUT2D eigenvalue weighted by Crippen LogP contribution is 2.20. The van der Waals surface area contributed by atoms with E-state index in [9.17, 15) is 9.59 Å². The number of carboxylic acids is 1. The van der Waals surface area contributed by atoms with Gasteiger partial charge in [0.25, 0.3) is 0 Å². The van der Waals surface area contributed by atoms with Gasteiger partial charge in [0.05, 0.1) is 19.2 Å². The maximum atomic E-state index is 11.2. The van der Waals surface area contributed by atoms with E-state index < -0.39 is 5.97 Å². The van der Waals surface area contributed by atoms with E-state index >= 15 is 0 Å². The predicted molar refractivity (Wildman–Crippen MR) is 75.4 cm³/mol. The number of methoxy groups -OCH3 is 1. The second kappa shape index (κ2) is 5.66. The molecule has 0 aliphatic carbocycles. The largest absolute Gasteiger partial charge is 0.476 e. The molecule has 3 N–H and O–H groups in total. The van der Waals surface area contributed by atoms with Crippen LogP contribution in [0.5, 0.6) is 0 Å². The van der Waals surface area contributed by atoms with Crippen molar-refractivity contribution < 1.29 is 19.4 Å². The van der Waals surface area contributed by atoms with Crippen LogP contribution in [0.3, 0.4) is 0 Å². The summed E-state index contributed by atoms with van der Waals surface area (Å²) in [7, 11) is 1.33. The predicted octanol–water partition coefficient (Wildman–Crippen LogP) is 1.18. The first-order chi connectivity index (χ1) is 9.93. The fraction of sp³-hybridized carbons (Fsp3) is 0.214. The van der Waals surface area contributed by atoms with Crippen LogP contribution < -0.4 is 5.73 Å². The van der Waals surface area contributed by atoms with E-state index in [2.05, 4.69) is 9.84 Å². The highest BCUT2D eigenvalue weighted by atomic mass is 16.5. The van der Waals surface area contributed by atoms with Gasteiger partial charge in [-0.25, -0.2) is 9.48 Å². The molecule has 0 aliphatic heterocycles. The van der Waals surface area contributed by atoms with Gasteiger partial charge in [-0.15, -0.1) is 0 Å². The molecule has 2 aromatic rings. The number of aromatic carboxylic acids is 1. The topological polar surface area (TPSA) is 107 Å². The zero-order valence-electron chi connectivity index (χ0n) is 11.7. The Hall–Kier alpha value is -2.83. The summed E-state index contributed by atoms with van der Waals surface area (Å²) in [5.41, 5.74) is 7.62. The van der Waals surface area contributed by atoms with Gasteiger partial charge in [-0.2, -0.15) is 5.10 Å². The Kier molecular flexibility index (Phi) is 3.93. The molecule has 7 nitrogen and oxygen atoms in total. The third-order valence-electron chi connectivity index (χ3n) is 3.13. The van der Waals surface area contributed by atoms with Gasteiger partial charge in [0, 0.05) is 5.56 Å². The van der Waals surface area contributed by atoms with Gasteiger partial charge in [0.1, 0.15) is 5.82 Å². The maximum Gasteiger partial charge on any atom is 0.356 e. The molecule has 0 saturated carbocycles. The monoisotopic (exact) mass is 289 g/mol. The Morgan fingerprint density at radius 1 is 1.33 bits per heavy atom. The van der Waals surface area contributed by atoms with Crippen molar-refractivity contribution in [3.8, 4) is 5.69 Å². The molecule has 110 valence electrons. The van der Waals surface area contributed by atoms with Gasteiger partial charge in [0.15, 0.2) is 5.69 Å². The highest BCUT2D eigenvalue weighted by molar-refractivity contribution is 5.88. The summed E-state index contributed by atoms with van der Waals surface area (Å²) in [5.74, 6) is -1.18. The lowest BCUT2D eigenvalue weighted by atomic mass is 10.1. The van der Waals surface area contributed by atoms with E-state index in [0.29, 0.717) is 11.3 Å². The number of anilines is 1. The molecular formula is C14H15N3O4. The van der Waals surface area contributed by atoms with Crippen molar-refractivity contribution in [2.45, 2.75) is 13.3 Å². The highest BCUT2D eigenvalue weighted by Gasteiger charge is 2.18. The molecule has 7 heteroatoms. The van der Waals surface area contributed by atoms with Crippen LogP contribution in [0.4, 0.5) is 5.82 Å². The van der Waals surface area contributed by atoms with Gasteiger partial charge in [-0.1, -0.05) is 12.1 Å². The van der Waals surface area contributed by atoms with Crippen LogP contribution in [0.25, 0.3) is 5.69 Å². The second-order valence-corrected chi connectivity index (χ2v) is 4.50. The number of rotatable bonds is 4. The molecule has 0 saturated heterocycles. The summed E-state index contributed by atoms with van der Waals surface area (Å²) in [4.78, 5) is 22.2. The molecule has 0 amide bonds. The first kappa shape index (κ1) is 14.6. The van der Waals surface area contributed by atoms with Crippen molar-refractivity contribution in [2.24, 2.45) is 0 Å². The smallest absolute Gasteiger partial charge is 0.356 e. The fourth-order valence-corrected chi connectivity index (χ4v) is 1.90. The van der Waals surface area contributed by atoms with Crippen LogP contribution in [-0.4, -0.2) is 33.9 Å². The van der Waals surface area contributed by atoms with Crippen LogP contribution in [0.15, 0.2) is 24.3 Å². The van der Waals surface area contributed by atoms with E-state index in [0.717, 1.165) is 5.56 Å². The number of nitrogens with two attached hydrogens (primary N) is 1. The van der Waals surface area contributed by atoms with Crippen LogP contribution in [-0.2, 0) is 16.0 Å². The van der Waals surface area contributed by atoms with Crippen molar-refractivity contribution in [3.63, 3.8) is 0 Å². The zero-order valence-corrected chi connectivity index (χ0v) is 11.7. The third kappa shape index (κ3) is 2.86. The normalized spacial score (nSPS) is 10.4.